The maximum Gasteiger partial charge on any atom is 0.272 e. The van der Waals surface area contributed by atoms with Gasteiger partial charge in [-0.05, 0) is 35.9 Å². The summed E-state index contributed by atoms with van der Waals surface area (Å²) in [6, 6.07) is 14.0. The molecule has 0 fully saturated rings. The van der Waals surface area contributed by atoms with Crippen LogP contribution in [0, 0.1) is 0 Å². The van der Waals surface area contributed by atoms with Gasteiger partial charge in [-0.2, -0.15) is 0 Å². The third kappa shape index (κ3) is 4.39. The highest BCUT2D eigenvalue weighted by atomic mass is 32.2. The molecule has 1 heterocycles. The molecule has 2 N–H and O–H groups in total. The van der Waals surface area contributed by atoms with E-state index in [1.165, 1.54) is 11.8 Å². The van der Waals surface area contributed by atoms with E-state index in [-0.39, 0.29) is 12.5 Å². The molecule has 156 valence electrons. The van der Waals surface area contributed by atoms with E-state index in [1.54, 1.807) is 42.5 Å². The summed E-state index contributed by atoms with van der Waals surface area (Å²) in [6.07, 6.45) is 0. The Hall–Kier alpha value is -3.10. The molecule has 2 aromatic carbocycles. The Balaban J connectivity index is 2.01. The zero-order valence-electron chi connectivity index (χ0n) is 17.0. The molecule has 0 atom stereocenters. The van der Waals surface area contributed by atoms with Gasteiger partial charge < -0.3 is 15.3 Å². The first kappa shape index (κ1) is 21.6. The molecule has 8 heteroatoms. The number of rotatable bonds is 7. The van der Waals surface area contributed by atoms with Crippen molar-refractivity contribution in [1.29, 1.82) is 0 Å². The van der Waals surface area contributed by atoms with E-state index in [4.69, 9.17) is 0 Å². The molecule has 2 aromatic rings. The number of carbonyl (C=O) groups is 3. The second-order valence-corrected chi connectivity index (χ2v) is 8.00. The average molecular weight is 426 g/mol. The molecule has 0 bridgehead atoms. The number of benzene rings is 2. The van der Waals surface area contributed by atoms with E-state index in [0.29, 0.717) is 33.2 Å². The molecule has 0 saturated carbocycles. The molecule has 3 rings (SSSR count). The molecule has 1 aliphatic rings. The average Bonchev–Trinajstić information content (AvgIpc) is 2.96. The first-order valence-electron chi connectivity index (χ1n) is 9.35. The molecule has 0 radical (unpaired) electrons. The number of nitrogens with zero attached hydrogens (tertiary/aromatic N) is 2. The number of carbonyl (C=O) groups excluding carboxylic acids is 3. The maximum atomic E-state index is 13.3. The third-order valence-electron chi connectivity index (χ3n) is 4.48. The van der Waals surface area contributed by atoms with Gasteiger partial charge in [0, 0.05) is 38.1 Å². The van der Waals surface area contributed by atoms with Crippen LogP contribution in [0.4, 0.5) is 17.1 Å². The van der Waals surface area contributed by atoms with E-state index >= 15 is 0 Å². The highest BCUT2D eigenvalue weighted by Crippen LogP contribution is 2.39. The molecular formula is C22H23N3O4S. The fourth-order valence-corrected chi connectivity index (χ4v) is 3.97. The molecule has 0 spiro atoms. The number of hydrogen-bond donors (Lipinski definition) is 2. The molecule has 0 unspecified atom stereocenters. The molecule has 3 amide bonds. The number of anilines is 3. The van der Waals surface area contributed by atoms with Gasteiger partial charge >= 0.3 is 0 Å². The number of amides is 3. The molecule has 0 aromatic heterocycles. The van der Waals surface area contributed by atoms with Crippen molar-refractivity contribution in [3.63, 3.8) is 0 Å². The van der Waals surface area contributed by atoms with Crippen molar-refractivity contribution in [3.05, 3.63) is 59.0 Å². The Kier molecular flexibility index (Phi) is 6.59. The lowest BCUT2D eigenvalue weighted by Gasteiger charge is -2.19. The number of hydrogen-bond acceptors (Lipinski definition) is 6. The SMILES string of the molecule is CC(=O)Nc1ccc(C2=C(SCCO)C(=O)N(c3cccc(N(C)C)c3)C2=O)cc1. The van der Waals surface area contributed by atoms with Gasteiger partial charge in [-0.25, -0.2) is 4.90 Å². The van der Waals surface area contributed by atoms with Gasteiger partial charge in [-0.3, -0.25) is 14.4 Å². The van der Waals surface area contributed by atoms with Gasteiger partial charge in [0.1, 0.15) is 0 Å². The second kappa shape index (κ2) is 9.15. The lowest BCUT2D eigenvalue weighted by molar-refractivity contribution is -0.120. The van der Waals surface area contributed by atoms with Crippen molar-refractivity contribution in [2.24, 2.45) is 0 Å². The monoisotopic (exact) mass is 425 g/mol. The number of thioether (sulfide) groups is 1. The van der Waals surface area contributed by atoms with Crippen LogP contribution in [0.5, 0.6) is 0 Å². The lowest BCUT2D eigenvalue weighted by atomic mass is 10.1. The predicted molar refractivity (Wildman–Crippen MR) is 120 cm³/mol. The van der Waals surface area contributed by atoms with Crippen molar-refractivity contribution < 1.29 is 19.5 Å². The van der Waals surface area contributed by atoms with Gasteiger partial charge in [-0.1, -0.05) is 18.2 Å². The molecule has 0 saturated heterocycles. The Morgan fingerprint density at radius 2 is 1.80 bits per heavy atom. The molecule has 0 aliphatic carbocycles. The minimum atomic E-state index is -0.413. The minimum absolute atomic E-state index is 0.111. The van der Waals surface area contributed by atoms with Crippen LogP contribution in [0.1, 0.15) is 12.5 Å². The normalized spacial score (nSPS) is 13.8. The topological polar surface area (TPSA) is 89.9 Å². The Morgan fingerprint density at radius 1 is 1.10 bits per heavy atom. The summed E-state index contributed by atoms with van der Waals surface area (Å²) in [7, 11) is 3.77. The zero-order chi connectivity index (χ0) is 21.8. The summed E-state index contributed by atoms with van der Waals surface area (Å²) in [5.74, 6) is -0.716. The van der Waals surface area contributed by atoms with E-state index in [9.17, 15) is 19.5 Å². The van der Waals surface area contributed by atoms with Crippen LogP contribution in [-0.2, 0) is 14.4 Å². The van der Waals surface area contributed by atoms with Gasteiger partial charge in [-0.15, -0.1) is 11.8 Å². The number of aliphatic hydroxyl groups is 1. The van der Waals surface area contributed by atoms with E-state index in [0.717, 1.165) is 17.4 Å². The first-order chi connectivity index (χ1) is 14.3. The Labute approximate surface area is 179 Å². The summed E-state index contributed by atoms with van der Waals surface area (Å²) >= 11 is 1.16. The summed E-state index contributed by atoms with van der Waals surface area (Å²) < 4.78 is 0. The van der Waals surface area contributed by atoms with E-state index in [2.05, 4.69) is 5.32 Å². The van der Waals surface area contributed by atoms with Crippen LogP contribution < -0.4 is 15.1 Å². The smallest absolute Gasteiger partial charge is 0.272 e. The predicted octanol–water partition coefficient (Wildman–Crippen LogP) is 2.72. The van der Waals surface area contributed by atoms with Gasteiger partial charge in [0.25, 0.3) is 11.8 Å². The number of nitrogens with one attached hydrogen (secondary N) is 1. The summed E-state index contributed by atoms with van der Waals surface area (Å²) in [5, 5.41) is 11.9. The first-order valence-corrected chi connectivity index (χ1v) is 10.3. The summed E-state index contributed by atoms with van der Waals surface area (Å²) in [4.78, 5) is 41.1. The minimum Gasteiger partial charge on any atom is -0.396 e. The number of imide groups is 1. The maximum absolute atomic E-state index is 13.3. The third-order valence-corrected chi connectivity index (χ3v) is 5.53. The van der Waals surface area contributed by atoms with Crippen molar-refractivity contribution in [2.75, 3.05) is 41.6 Å². The summed E-state index contributed by atoms with van der Waals surface area (Å²) in [5.41, 5.74) is 2.83. The molecular weight excluding hydrogens is 402 g/mol. The van der Waals surface area contributed by atoms with Crippen LogP contribution in [-0.4, -0.2) is 49.3 Å². The fourth-order valence-electron chi connectivity index (χ4n) is 3.11. The second-order valence-electron chi connectivity index (χ2n) is 6.89. The van der Waals surface area contributed by atoms with E-state index in [1.807, 2.05) is 25.1 Å². The Morgan fingerprint density at radius 3 is 2.40 bits per heavy atom. The van der Waals surface area contributed by atoms with Crippen LogP contribution in [0.3, 0.4) is 0 Å². The fraction of sp³-hybridized carbons (Fsp3) is 0.227. The van der Waals surface area contributed by atoms with Crippen molar-refractivity contribution >= 4 is 52.1 Å². The summed E-state index contributed by atoms with van der Waals surface area (Å²) in [6.45, 7) is 1.31. The van der Waals surface area contributed by atoms with Crippen molar-refractivity contribution in [2.45, 2.75) is 6.92 Å². The van der Waals surface area contributed by atoms with E-state index < -0.39 is 11.8 Å². The molecule has 30 heavy (non-hydrogen) atoms. The van der Waals surface area contributed by atoms with Crippen LogP contribution >= 0.6 is 11.8 Å². The number of aliphatic hydroxyl groups excluding tert-OH is 1. The highest BCUT2D eigenvalue weighted by Gasteiger charge is 2.40. The van der Waals surface area contributed by atoms with Crippen LogP contribution in [0.25, 0.3) is 5.57 Å². The highest BCUT2D eigenvalue weighted by molar-refractivity contribution is 8.04. The standard InChI is InChI=1S/C22H23N3O4S/c1-14(27)23-16-9-7-15(8-10-16)19-20(30-12-11-26)22(29)25(21(19)28)18-6-4-5-17(13-18)24(2)3/h4-10,13,26H,11-12H2,1-3H3,(H,23,27). The quantitative estimate of drug-likeness (QED) is 0.663. The van der Waals surface area contributed by atoms with Crippen molar-refractivity contribution in [3.8, 4) is 0 Å². The molecule has 7 nitrogen and oxygen atoms in total. The van der Waals surface area contributed by atoms with Crippen molar-refractivity contribution in [1.82, 2.24) is 0 Å². The van der Waals surface area contributed by atoms with Gasteiger partial charge in [0.2, 0.25) is 5.91 Å². The van der Waals surface area contributed by atoms with Crippen LogP contribution in [0.2, 0.25) is 0 Å². The largest absolute Gasteiger partial charge is 0.396 e. The van der Waals surface area contributed by atoms with Gasteiger partial charge in [0.15, 0.2) is 0 Å². The molecule has 1 aliphatic heterocycles. The Bertz CT molecular complexity index is 1020. The zero-order valence-corrected chi connectivity index (χ0v) is 17.8. The van der Waals surface area contributed by atoms with Crippen LogP contribution in [0.15, 0.2) is 53.4 Å². The van der Waals surface area contributed by atoms with Gasteiger partial charge in [0.05, 0.1) is 22.8 Å². The lowest BCUT2D eigenvalue weighted by Crippen LogP contribution is -2.31.